The number of hydrogen-bond donors (Lipinski definition) is 3. The fraction of sp³-hybridized carbons (Fsp3) is 0.571. The maximum Gasteiger partial charge on any atom is 0.408 e. The van der Waals surface area contributed by atoms with Gasteiger partial charge in [-0.05, 0) is 68.9 Å². The molecule has 0 spiro atoms. The summed E-state index contributed by atoms with van der Waals surface area (Å²) < 4.78 is 47.7. The largest absolute Gasteiger partial charge is 0.446 e. The summed E-state index contributed by atoms with van der Waals surface area (Å²) >= 11 is 1.25. The molecule has 3 N–H and O–H groups in total. The zero-order chi connectivity index (χ0) is 36.0. The standard InChI is InChI=1S/C35H44FN5O7S2/c1-5-21-17-35(21,32(44)40-50(46,47)23-14-15-23)39-29(42)27-16-20(26-19-49-30(37-26)24-12-8-9-13-25(24)36)18-41(27)31(43)28(34(2,3)4)38-33(45)48-22-10-6-7-11-22/h5,8-9,12-13,19-23,27-28H,1,6-7,10-11,14-18H2,2-4H3,(H,38,45)(H,39,42)(H,40,44)/t20-,21-,27+,28?,35-/m1/s1. The lowest BCUT2D eigenvalue weighted by Gasteiger charge is -2.35. The molecule has 3 saturated carbocycles. The molecule has 12 nitrogen and oxygen atoms in total. The quantitative estimate of drug-likeness (QED) is 0.287. The molecule has 1 saturated heterocycles. The van der Waals surface area contributed by atoms with Gasteiger partial charge in [-0.15, -0.1) is 17.9 Å². The van der Waals surface area contributed by atoms with Gasteiger partial charge in [0.25, 0.3) is 5.91 Å². The third-order valence-corrected chi connectivity index (χ3v) is 12.8. The highest BCUT2D eigenvalue weighted by molar-refractivity contribution is 7.91. The van der Waals surface area contributed by atoms with E-state index in [9.17, 15) is 32.0 Å². The number of nitrogens with one attached hydrogen (secondary N) is 3. The molecule has 15 heteroatoms. The average molecular weight is 730 g/mol. The summed E-state index contributed by atoms with van der Waals surface area (Å²) in [6, 6.07) is 4.11. The first-order valence-corrected chi connectivity index (χ1v) is 19.5. The van der Waals surface area contributed by atoms with Crippen molar-refractivity contribution in [3.05, 3.63) is 53.8 Å². The van der Waals surface area contributed by atoms with Gasteiger partial charge in [-0.2, -0.15) is 0 Å². The van der Waals surface area contributed by atoms with Crippen LogP contribution >= 0.6 is 11.3 Å². The van der Waals surface area contributed by atoms with Crippen LogP contribution in [0.3, 0.4) is 0 Å². The number of ether oxygens (including phenoxy) is 1. The number of carbonyl (C=O) groups excluding carboxylic acids is 4. The van der Waals surface area contributed by atoms with E-state index in [0.717, 1.165) is 25.7 Å². The van der Waals surface area contributed by atoms with E-state index >= 15 is 0 Å². The molecule has 6 rings (SSSR count). The Balaban J connectivity index is 1.27. The lowest BCUT2D eigenvalue weighted by atomic mass is 9.85. The van der Waals surface area contributed by atoms with Crippen molar-refractivity contribution in [2.45, 2.75) is 107 Å². The van der Waals surface area contributed by atoms with Crippen molar-refractivity contribution in [2.24, 2.45) is 11.3 Å². The molecule has 4 fully saturated rings. The number of nitrogens with zero attached hydrogens (tertiary/aromatic N) is 2. The van der Waals surface area contributed by atoms with Crippen LogP contribution in [0.25, 0.3) is 10.6 Å². The normalized spacial score (nSPS) is 25.8. The van der Waals surface area contributed by atoms with E-state index in [1.165, 1.54) is 28.4 Å². The second-order valence-electron chi connectivity index (χ2n) is 14.9. The Morgan fingerprint density at radius 1 is 1.14 bits per heavy atom. The van der Waals surface area contributed by atoms with Crippen molar-refractivity contribution >= 4 is 45.2 Å². The van der Waals surface area contributed by atoms with Crippen molar-refractivity contribution < 1.29 is 36.7 Å². The van der Waals surface area contributed by atoms with Gasteiger partial charge in [0.2, 0.25) is 21.8 Å². The Morgan fingerprint density at radius 2 is 1.84 bits per heavy atom. The number of alkyl carbamates (subject to hydrolysis) is 1. The smallest absolute Gasteiger partial charge is 0.408 e. The van der Waals surface area contributed by atoms with Crippen LogP contribution in [-0.2, 0) is 29.1 Å². The van der Waals surface area contributed by atoms with Crippen LogP contribution in [0.2, 0.25) is 0 Å². The predicted molar refractivity (Wildman–Crippen MR) is 185 cm³/mol. The topological polar surface area (TPSA) is 164 Å². The molecule has 4 aliphatic rings. The van der Waals surface area contributed by atoms with Gasteiger partial charge in [-0.25, -0.2) is 22.6 Å². The molecular weight excluding hydrogens is 686 g/mol. The average Bonchev–Trinajstić information content (AvgIpc) is 3.82. The van der Waals surface area contributed by atoms with Gasteiger partial charge in [-0.3, -0.25) is 19.1 Å². The van der Waals surface area contributed by atoms with Crippen LogP contribution in [0.15, 0.2) is 42.3 Å². The summed E-state index contributed by atoms with van der Waals surface area (Å²) in [6.45, 7) is 9.22. The molecule has 3 aliphatic carbocycles. The van der Waals surface area contributed by atoms with Crippen molar-refractivity contribution in [3.8, 4) is 10.6 Å². The maximum atomic E-state index is 14.6. The maximum absolute atomic E-state index is 14.6. The van der Waals surface area contributed by atoms with E-state index in [-0.39, 0.29) is 25.5 Å². The van der Waals surface area contributed by atoms with Crippen LogP contribution in [0, 0.1) is 17.2 Å². The molecule has 1 aliphatic heterocycles. The summed E-state index contributed by atoms with van der Waals surface area (Å²) in [7, 11) is -3.89. The zero-order valence-electron chi connectivity index (χ0n) is 28.4. The molecule has 0 bridgehead atoms. The fourth-order valence-electron chi connectivity index (χ4n) is 6.92. The second kappa shape index (κ2) is 13.7. The summed E-state index contributed by atoms with van der Waals surface area (Å²) in [5, 5.41) is 7.14. The number of benzene rings is 1. The molecule has 2 heterocycles. The summed E-state index contributed by atoms with van der Waals surface area (Å²) in [5.41, 5.74) is -1.42. The minimum Gasteiger partial charge on any atom is -0.446 e. The van der Waals surface area contributed by atoms with Crippen LogP contribution in [0.5, 0.6) is 0 Å². The van der Waals surface area contributed by atoms with Crippen molar-refractivity contribution in [1.82, 2.24) is 25.2 Å². The van der Waals surface area contributed by atoms with E-state index in [1.54, 1.807) is 44.4 Å². The van der Waals surface area contributed by atoms with Crippen molar-refractivity contribution in [3.63, 3.8) is 0 Å². The number of likely N-dealkylation sites (tertiary alicyclic amines) is 1. The third-order valence-electron chi connectivity index (χ3n) is 10.1. The predicted octanol–water partition coefficient (Wildman–Crippen LogP) is 4.39. The summed E-state index contributed by atoms with van der Waals surface area (Å²) in [6.07, 6.45) is 5.17. The first-order valence-electron chi connectivity index (χ1n) is 17.1. The van der Waals surface area contributed by atoms with E-state index in [2.05, 4.69) is 26.9 Å². The van der Waals surface area contributed by atoms with E-state index < -0.39 is 79.8 Å². The van der Waals surface area contributed by atoms with Gasteiger partial charge in [0.15, 0.2) is 0 Å². The molecule has 2 aromatic rings. The highest BCUT2D eigenvalue weighted by Crippen LogP contribution is 2.46. The molecule has 1 unspecified atom stereocenters. The van der Waals surface area contributed by atoms with Crippen LogP contribution < -0.4 is 15.4 Å². The molecule has 0 radical (unpaired) electrons. The Morgan fingerprint density at radius 3 is 2.46 bits per heavy atom. The number of sulfonamides is 1. The molecule has 1 aromatic heterocycles. The highest BCUT2D eigenvalue weighted by Gasteiger charge is 2.62. The van der Waals surface area contributed by atoms with Crippen molar-refractivity contribution in [2.75, 3.05) is 6.54 Å². The lowest BCUT2D eigenvalue weighted by Crippen LogP contribution is -2.60. The SMILES string of the molecule is C=C[C@@H]1C[C@]1(NC(=O)[C@@H]1C[C@@H](c2csc(-c3ccccc3F)n2)CN1C(=O)C(NC(=O)OC1CCCC1)C(C)(C)C)C(=O)NS(=O)(=O)C1CC1. The number of thiazole rings is 1. The number of carbonyl (C=O) groups is 4. The van der Waals surface area contributed by atoms with E-state index in [1.807, 2.05) is 0 Å². The summed E-state index contributed by atoms with van der Waals surface area (Å²) in [5.74, 6) is -3.38. The van der Waals surface area contributed by atoms with Crippen LogP contribution in [-0.4, -0.2) is 77.6 Å². The molecular formula is C35H44FN5O7S2. The fourth-order valence-corrected chi connectivity index (χ4v) is 9.21. The number of halogens is 1. The second-order valence-corrected chi connectivity index (χ2v) is 17.8. The highest BCUT2D eigenvalue weighted by atomic mass is 32.2. The van der Waals surface area contributed by atoms with Gasteiger partial charge in [0.1, 0.15) is 34.6 Å². The molecule has 5 atom stereocenters. The van der Waals surface area contributed by atoms with Crippen molar-refractivity contribution in [1.29, 1.82) is 0 Å². The first-order chi connectivity index (χ1) is 23.6. The molecule has 270 valence electrons. The van der Waals surface area contributed by atoms with Gasteiger partial charge in [-0.1, -0.05) is 39.0 Å². The van der Waals surface area contributed by atoms with Gasteiger partial charge in [0.05, 0.1) is 10.9 Å². The van der Waals surface area contributed by atoms with Crippen LogP contribution in [0.4, 0.5) is 9.18 Å². The third kappa shape index (κ3) is 7.43. The number of aromatic nitrogens is 1. The Labute approximate surface area is 295 Å². The monoisotopic (exact) mass is 729 g/mol. The van der Waals surface area contributed by atoms with Crippen LogP contribution in [0.1, 0.15) is 83.7 Å². The first kappa shape index (κ1) is 36.0. The molecule has 50 heavy (non-hydrogen) atoms. The van der Waals surface area contributed by atoms with E-state index in [0.29, 0.717) is 29.1 Å². The van der Waals surface area contributed by atoms with Gasteiger partial charge >= 0.3 is 6.09 Å². The zero-order valence-corrected chi connectivity index (χ0v) is 30.1. The number of hydrogen-bond acceptors (Lipinski definition) is 9. The number of amides is 4. The Kier molecular flexibility index (Phi) is 9.85. The Bertz CT molecular complexity index is 1780. The Hall–Kier alpha value is -3.85. The molecule has 4 amide bonds. The number of rotatable bonds is 11. The van der Waals surface area contributed by atoms with E-state index in [4.69, 9.17) is 4.74 Å². The van der Waals surface area contributed by atoms with Gasteiger partial charge in [0, 0.05) is 29.3 Å². The molecule has 1 aromatic carbocycles. The lowest BCUT2D eigenvalue weighted by molar-refractivity contribution is -0.142. The summed E-state index contributed by atoms with van der Waals surface area (Å²) in [4.78, 5) is 61.2. The minimum atomic E-state index is -3.89. The minimum absolute atomic E-state index is 0.0590. The van der Waals surface area contributed by atoms with Gasteiger partial charge < -0.3 is 20.3 Å².